The van der Waals surface area contributed by atoms with E-state index in [1.807, 2.05) is 31.2 Å². The molecule has 2 heterocycles. The zero-order valence-electron chi connectivity index (χ0n) is 16.2. The second-order valence-corrected chi connectivity index (χ2v) is 7.68. The normalized spacial score (nSPS) is 23.6. The van der Waals surface area contributed by atoms with Crippen LogP contribution in [0.3, 0.4) is 0 Å². The van der Waals surface area contributed by atoms with E-state index in [0.717, 1.165) is 24.2 Å². The summed E-state index contributed by atoms with van der Waals surface area (Å²) in [5, 5.41) is 14.2. The molecule has 0 unspecified atom stereocenters. The quantitative estimate of drug-likeness (QED) is 0.858. The van der Waals surface area contributed by atoms with Crippen LogP contribution in [0.25, 0.3) is 5.69 Å². The van der Waals surface area contributed by atoms with Gasteiger partial charge in [0.05, 0.1) is 30.0 Å². The zero-order valence-corrected chi connectivity index (χ0v) is 16.2. The standard InChI is InChI=1S/C21H25N3O4/c1-3-16-15(11-22-24(16)17-8-4-5-9-18(17)28-2)19(25)23-12-14-7-6-10-21(14,13-23)20(26)27/h4-5,8-9,11,14H,3,6-7,10,12-13H2,1-2H3,(H,26,27)/t14-,21+/m0/s1. The van der Waals surface area contributed by atoms with E-state index in [9.17, 15) is 14.7 Å². The second kappa shape index (κ2) is 6.96. The van der Waals surface area contributed by atoms with Crippen LogP contribution in [-0.2, 0) is 11.2 Å². The Morgan fingerprint density at radius 1 is 1.36 bits per heavy atom. The molecule has 0 radical (unpaired) electrons. The summed E-state index contributed by atoms with van der Waals surface area (Å²) in [4.78, 5) is 26.9. The molecule has 1 aliphatic carbocycles. The number of likely N-dealkylation sites (tertiary alicyclic amines) is 1. The van der Waals surface area contributed by atoms with Gasteiger partial charge in [-0.1, -0.05) is 25.5 Å². The minimum absolute atomic E-state index is 0.0447. The number of ether oxygens (including phenoxy) is 1. The van der Waals surface area contributed by atoms with Gasteiger partial charge in [-0.05, 0) is 37.3 Å². The monoisotopic (exact) mass is 383 g/mol. The third kappa shape index (κ3) is 2.68. The maximum Gasteiger partial charge on any atom is 0.311 e. The highest BCUT2D eigenvalue weighted by atomic mass is 16.5. The van der Waals surface area contributed by atoms with Gasteiger partial charge in [0.15, 0.2) is 0 Å². The number of carboxylic acids is 1. The molecule has 2 aliphatic rings. The number of aliphatic carboxylic acids is 1. The first kappa shape index (κ1) is 18.5. The van der Waals surface area contributed by atoms with E-state index in [-0.39, 0.29) is 18.4 Å². The summed E-state index contributed by atoms with van der Waals surface area (Å²) in [5.41, 5.74) is 1.34. The lowest BCUT2D eigenvalue weighted by Gasteiger charge is -2.23. The van der Waals surface area contributed by atoms with Crippen LogP contribution in [-0.4, -0.2) is 51.9 Å². The number of carbonyl (C=O) groups is 2. The van der Waals surface area contributed by atoms with E-state index in [1.54, 1.807) is 22.9 Å². The molecule has 1 aromatic carbocycles. The Morgan fingerprint density at radius 3 is 2.82 bits per heavy atom. The Bertz CT molecular complexity index is 922. The molecule has 0 spiro atoms. The van der Waals surface area contributed by atoms with Crippen molar-refractivity contribution in [3.63, 3.8) is 0 Å². The Balaban J connectivity index is 1.67. The number of rotatable bonds is 5. The smallest absolute Gasteiger partial charge is 0.311 e. The van der Waals surface area contributed by atoms with Gasteiger partial charge in [-0.15, -0.1) is 0 Å². The summed E-state index contributed by atoms with van der Waals surface area (Å²) in [6, 6.07) is 7.55. The Morgan fingerprint density at radius 2 is 2.14 bits per heavy atom. The number of carbonyl (C=O) groups excluding carboxylic acids is 1. The number of hydrogen-bond acceptors (Lipinski definition) is 4. The molecule has 7 nitrogen and oxygen atoms in total. The molecular formula is C21H25N3O4. The van der Waals surface area contributed by atoms with Gasteiger partial charge in [-0.2, -0.15) is 5.10 Å². The van der Waals surface area contributed by atoms with Gasteiger partial charge in [-0.25, -0.2) is 4.68 Å². The molecule has 2 aromatic rings. The van der Waals surface area contributed by atoms with Gasteiger partial charge in [0.2, 0.25) is 0 Å². The lowest BCUT2D eigenvalue weighted by molar-refractivity contribution is -0.149. The van der Waals surface area contributed by atoms with Crippen LogP contribution >= 0.6 is 0 Å². The van der Waals surface area contributed by atoms with E-state index in [1.165, 1.54) is 0 Å². The van der Waals surface area contributed by atoms with Crippen molar-refractivity contribution < 1.29 is 19.4 Å². The molecule has 148 valence electrons. The van der Waals surface area contributed by atoms with Crippen LogP contribution < -0.4 is 4.74 Å². The summed E-state index contributed by atoms with van der Waals surface area (Å²) in [5.74, 6) is -0.179. The van der Waals surface area contributed by atoms with Gasteiger partial charge in [0, 0.05) is 13.1 Å². The lowest BCUT2D eigenvalue weighted by Crippen LogP contribution is -2.37. The molecule has 1 amide bonds. The number of aromatic nitrogens is 2. The van der Waals surface area contributed by atoms with Crippen molar-refractivity contribution in [2.45, 2.75) is 32.6 Å². The number of benzene rings is 1. The average Bonchev–Trinajstić information content (AvgIpc) is 3.39. The van der Waals surface area contributed by atoms with Crippen LogP contribution in [0.4, 0.5) is 0 Å². The molecule has 1 aliphatic heterocycles. The van der Waals surface area contributed by atoms with E-state index in [4.69, 9.17) is 4.74 Å². The molecular weight excluding hydrogens is 358 g/mol. The molecule has 2 atom stereocenters. The van der Waals surface area contributed by atoms with Crippen LogP contribution in [0.2, 0.25) is 0 Å². The van der Waals surface area contributed by atoms with Gasteiger partial charge >= 0.3 is 5.97 Å². The van der Waals surface area contributed by atoms with Crippen molar-refractivity contribution in [1.82, 2.24) is 14.7 Å². The molecule has 1 saturated carbocycles. The van der Waals surface area contributed by atoms with Crippen molar-refractivity contribution in [2.75, 3.05) is 20.2 Å². The predicted molar refractivity (Wildman–Crippen MR) is 103 cm³/mol. The maximum absolute atomic E-state index is 13.3. The predicted octanol–water partition coefficient (Wildman–Crippen LogP) is 2.77. The number of fused-ring (bicyclic) bond motifs is 1. The molecule has 1 aromatic heterocycles. The first-order valence-electron chi connectivity index (χ1n) is 9.74. The third-order valence-electron chi connectivity index (χ3n) is 6.33. The highest BCUT2D eigenvalue weighted by molar-refractivity contribution is 5.96. The number of para-hydroxylation sites is 2. The fraction of sp³-hybridized carbons (Fsp3) is 0.476. The summed E-state index contributed by atoms with van der Waals surface area (Å²) < 4.78 is 7.18. The summed E-state index contributed by atoms with van der Waals surface area (Å²) in [7, 11) is 1.61. The minimum Gasteiger partial charge on any atom is -0.494 e. The Kier molecular flexibility index (Phi) is 4.61. The van der Waals surface area contributed by atoms with Crippen molar-refractivity contribution >= 4 is 11.9 Å². The molecule has 0 bridgehead atoms. The molecule has 2 fully saturated rings. The zero-order chi connectivity index (χ0) is 19.9. The van der Waals surface area contributed by atoms with Crippen molar-refractivity contribution in [1.29, 1.82) is 0 Å². The molecule has 7 heteroatoms. The minimum atomic E-state index is -0.777. The Hall–Kier alpha value is -2.83. The number of hydrogen-bond donors (Lipinski definition) is 1. The third-order valence-corrected chi connectivity index (χ3v) is 6.33. The lowest BCUT2D eigenvalue weighted by atomic mass is 9.81. The van der Waals surface area contributed by atoms with E-state index >= 15 is 0 Å². The summed E-state index contributed by atoms with van der Waals surface area (Å²) in [6.07, 6.45) is 4.66. The van der Waals surface area contributed by atoms with Crippen LogP contribution in [0, 0.1) is 11.3 Å². The number of methoxy groups -OCH3 is 1. The van der Waals surface area contributed by atoms with Crippen LogP contribution in [0.15, 0.2) is 30.5 Å². The fourth-order valence-corrected chi connectivity index (χ4v) is 4.87. The van der Waals surface area contributed by atoms with Crippen LogP contribution in [0.5, 0.6) is 5.75 Å². The molecule has 4 rings (SSSR count). The van der Waals surface area contributed by atoms with E-state index in [2.05, 4.69) is 5.10 Å². The SMILES string of the molecule is CCc1c(C(=O)N2C[C@@H]3CCC[C@@]3(C(=O)O)C2)cnn1-c1ccccc1OC. The van der Waals surface area contributed by atoms with Crippen LogP contribution in [0.1, 0.15) is 42.2 Å². The summed E-state index contributed by atoms with van der Waals surface area (Å²) in [6.45, 7) is 2.78. The molecule has 28 heavy (non-hydrogen) atoms. The number of nitrogens with zero attached hydrogens (tertiary/aromatic N) is 3. The summed E-state index contributed by atoms with van der Waals surface area (Å²) >= 11 is 0. The Labute approximate surface area is 163 Å². The van der Waals surface area contributed by atoms with Gasteiger partial charge in [0.25, 0.3) is 5.91 Å². The number of carboxylic acid groups (broad SMARTS) is 1. The molecule has 1 N–H and O–H groups in total. The first-order valence-corrected chi connectivity index (χ1v) is 9.74. The average molecular weight is 383 g/mol. The van der Waals surface area contributed by atoms with E-state index in [0.29, 0.717) is 30.7 Å². The van der Waals surface area contributed by atoms with Gasteiger partial charge in [-0.3, -0.25) is 9.59 Å². The highest BCUT2D eigenvalue weighted by Gasteiger charge is 2.56. The van der Waals surface area contributed by atoms with Crippen molar-refractivity contribution in [3.8, 4) is 11.4 Å². The van der Waals surface area contributed by atoms with Crippen molar-refractivity contribution in [3.05, 3.63) is 41.7 Å². The first-order chi connectivity index (χ1) is 13.5. The fourth-order valence-electron chi connectivity index (χ4n) is 4.87. The topological polar surface area (TPSA) is 84.7 Å². The molecule has 1 saturated heterocycles. The van der Waals surface area contributed by atoms with E-state index < -0.39 is 11.4 Å². The maximum atomic E-state index is 13.3. The van der Waals surface area contributed by atoms with Gasteiger partial charge < -0.3 is 14.7 Å². The van der Waals surface area contributed by atoms with Gasteiger partial charge in [0.1, 0.15) is 11.4 Å². The van der Waals surface area contributed by atoms with Crippen molar-refractivity contribution in [2.24, 2.45) is 11.3 Å². The second-order valence-electron chi connectivity index (χ2n) is 7.68. The number of amides is 1. The highest BCUT2D eigenvalue weighted by Crippen LogP contribution is 2.49. The largest absolute Gasteiger partial charge is 0.494 e.